The molecule has 1 aromatic carbocycles. The first kappa shape index (κ1) is 9.50. The Labute approximate surface area is 78.3 Å². The molecular formula is C11H12N2. The SMILES string of the molecule is N#CCC=Cc1cccc(CN)c1. The van der Waals surface area contributed by atoms with Gasteiger partial charge in [-0.25, -0.2) is 0 Å². The number of nitrogens with two attached hydrogens (primary N) is 1. The summed E-state index contributed by atoms with van der Waals surface area (Å²) in [4.78, 5) is 0. The molecule has 2 N–H and O–H groups in total. The maximum atomic E-state index is 8.32. The van der Waals surface area contributed by atoms with E-state index in [0.29, 0.717) is 13.0 Å². The third-order valence-electron chi connectivity index (χ3n) is 1.71. The molecule has 0 aliphatic rings. The van der Waals surface area contributed by atoms with Crippen molar-refractivity contribution in [2.24, 2.45) is 5.73 Å². The van der Waals surface area contributed by atoms with Gasteiger partial charge in [0.2, 0.25) is 0 Å². The highest BCUT2D eigenvalue weighted by molar-refractivity contribution is 5.50. The van der Waals surface area contributed by atoms with Gasteiger partial charge in [0.15, 0.2) is 0 Å². The summed E-state index contributed by atoms with van der Waals surface area (Å²) in [7, 11) is 0. The van der Waals surface area contributed by atoms with Crippen LogP contribution in [0, 0.1) is 11.3 Å². The topological polar surface area (TPSA) is 49.8 Å². The molecule has 0 saturated carbocycles. The number of rotatable bonds is 3. The van der Waals surface area contributed by atoms with Crippen LogP contribution in [0.2, 0.25) is 0 Å². The summed E-state index contributed by atoms with van der Waals surface area (Å²) in [6.07, 6.45) is 4.23. The molecule has 13 heavy (non-hydrogen) atoms. The van der Waals surface area contributed by atoms with Gasteiger partial charge >= 0.3 is 0 Å². The average molecular weight is 172 g/mol. The van der Waals surface area contributed by atoms with Gasteiger partial charge in [-0.15, -0.1) is 0 Å². The fraction of sp³-hybridized carbons (Fsp3) is 0.182. The van der Waals surface area contributed by atoms with Crippen LogP contribution in [0.3, 0.4) is 0 Å². The van der Waals surface area contributed by atoms with Crippen LogP contribution >= 0.6 is 0 Å². The third kappa shape index (κ3) is 3.10. The zero-order valence-electron chi connectivity index (χ0n) is 7.40. The van der Waals surface area contributed by atoms with Gasteiger partial charge in [-0.2, -0.15) is 5.26 Å². The first-order valence-electron chi connectivity index (χ1n) is 4.19. The highest BCUT2D eigenvalue weighted by atomic mass is 14.5. The Bertz CT molecular complexity index is 334. The number of allylic oxidation sites excluding steroid dienone is 1. The Kier molecular flexibility index (Phi) is 3.74. The summed E-state index contributed by atoms with van der Waals surface area (Å²) < 4.78 is 0. The lowest BCUT2D eigenvalue weighted by molar-refractivity contribution is 1.07. The predicted molar refractivity (Wildman–Crippen MR) is 53.6 cm³/mol. The van der Waals surface area contributed by atoms with E-state index in [2.05, 4.69) is 6.07 Å². The van der Waals surface area contributed by atoms with Gasteiger partial charge in [0, 0.05) is 6.54 Å². The molecule has 0 heterocycles. The molecule has 0 atom stereocenters. The Hall–Kier alpha value is -1.59. The fourth-order valence-corrected chi connectivity index (χ4v) is 1.07. The molecule has 0 saturated heterocycles. The van der Waals surface area contributed by atoms with Crippen molar-refractivity contribution >= 4 is 6.08 Å². The van der Waals surface area contributed by atoms with Crippen LogP contribution in [0.4, 0.5) is 0 Å². The van der Waals surface area contributed by atoms with Gasteiger partial charge < -0.3 is 5.73 Å². The zero-order chi connectivity index (χ0) is 9.52. The van der Waals surface area contributed by atoms with Gasteiger partial charge in [0.05, 0.1) is 12.5 Å². The molecule has 0 amide bonds. The molecule has 1 rings (SSSR count). The second-order valence-electron chi connectivity index (χ2n) is 2.71. The number of hydrogen-bond donors (Lipinski definition) is 1. The maximum absolute atomic E-state index is 8.32. The highest BCUT2D eigenvalue weighted by Crippen LogP contribution is 2.06. The maximum Gasteiger partial charge on any atom is 0.0663 e. The predicted octanol–water partition coefficient (Wildman–Crippen LogP) is 2.07. The minimum absolute atomic E-state index is 0.451. The van der Waals surface area contributed by atoms with E-state index < -0.39 is 0 Å². The molecule has 2 heteroatoms. The van der Waals surface area contributed by atoms with Crippen LogP contribution in [0.25, 0.3) is 6.08 Å². The quantitative estimate of drug-likeness (QED) is 0.758. The Balaban J connectivity index is 2.73. The number of hydrogen-bond acceptors (Lipinski definition) is 2. The van der Waals surface area contributed by atoms with E-state index in [0.717, 1.165) is 11.1 Å². The van der Waals surface area contributed by atoms with Crippen LogP contribution in [0.15, 0.2) is 30.3 Å². The molecule has 0 spiro atoms. The van der Waals surface area contributed by atoms with Crippen LogP contribution in [0.1, 0.15) is 17.5 Å². The minimum Gasteiger partial charge on any atom is -0.326 e. The van der Waals surface area contributed by atoms with Gasteiger partial charge in [0.1, 0.15) is 0 Å². The summed E-state index contributed by atoms with van der Waals surface area (Å²) in [6.45, 7) is 0.555. The van der Waals surface area contributed by atoms with Crippen molar-refractivity contribution in [1.82, 2.24) is 0 Å². The molecule has 0 unspecified atom stereocenters. The number of benzene rings is 1. The van der Waals surface area contributed by atoms with Gasteiger partial charge in [-0.1, -0.05) is 36.4 Å². The minimum atomic E-state index is 0.451. The summed E-state index contributed by atoms with van der Waals surface area (Å²) >= 11 is 0. The monoisotopic (exact) mass is 172 g/mol. The van der Waals surface area contributed by atoms with Gasteiger partial charge in [-0.05, 0) is 11.1 Å². The van der Waals surface area contributed by atoms with E-state index in [1.165, 1.54) is 0 Å². The number of nitriles is 1. The average Bonchev–Trinajstić information content (AvgIpc) is 2.19. The molecule has 1 aromatic rings. The van der Waals surface area contributed by atoms with Crippen molar-refractivity contribution in [3.8, 4) is 6.07 Å². The molecule has 2 nitrogen and oxygen atoms in total. The van der Waals surface area contributed by atoms with Gasteiger partial charge in [-0.3, -0.25) is 0 Å². The molecular weight excluding hydrogens is 160 g/mol. The van der Waals surface area contributed by atoms with Crippen LogP contribution in [-0.2, 0) is 6.54 Å². The van der Waals surface area contributed by atoms with E-state index in [1.807, 2.05) is 36.4 Å². The highest BCUT2D eigenvalue weighted by Gasteiger charge is 1.89. The Morgan fingerprint density at radius 1 is 1.46 bits per heavy atom. The molecule has 0 radical (unpaired) electrons. The van der Waals surface area contributed by atoms with E-state index in [4.69, 9.17) is 11.0 Å². The second-order valence-corrected chi connectivity index (χ2v) is 2.71. The summed E-state index contributed by atoms with van der Waals surface area (Å²) in [5.41, 5.74) is 7.70. The second kappa shape index (κ2) is 5.13. The van der Waals surface area contributed by atoms with E-state index in [9.17, 15) is 0 Å². The molecule has 0 fully saturated rings. The normalized spacial score (nSPS) is 10.2. The molecule has 0 bridgehead atoms. The van der Waals surface area contributed by atoms with Crippen molar-refractivity contribution in [2.45, 2.75) is 13.0 Å². The first-order valence-corrected chi connectivity index (χ1v) is 4.19. The lowest BCUT2D eigenvalue weighted by Gasteiger charge is -1.97. The van der Waals surface area contributed by atoms with E-state index in [1.54, 1.807) is 0 Å². The van der Waals surface area contributed by atoms with Crippen LogP contribution < -0.4 is 5.73 Å². The lowest BCUT2D eigenvalue weighted by atomic mass is 10.1. The fourth-order valence-electron chi connectivity index (χ4n) is 1.07. The molecule has 0 aromatic heterocycles. The largest absolute Gasteiger partial charge is 0.326 e. The summed E-state index contributed by atoms with van der Waals surface area (Å²) in [5.74, 6) is 0. The Morgan fingerprint density at radius 3 is 3.00 bits per heavy atom. The third-order valence-corrected chi connectivity index (χ3v) is 1.71. The molecule has 0 aliphatic heterocycles. The standard InChI is InChI=1S/C11H12N2/c12-7-2-1-4-10-5-3-6-11(8-10)9-13/h1,3-6,8H,2,9,13H2. The van der Waals surface area contributed by atoms with Crippen molar-refractivity contribution in [1.29, 1.82) is 5.26 Å². The summed E-state index contributed by atoms with van der Waals surface area (Å²) in [5, 5.41) is 8.32. The lowest BCUT2D eigenvalue weighted by Crippen LogP contribution is -1.95. The van der Waals surface area contributed by atoms with Crippen LogP contribution in [-0.4, -0.2) is 0 Å². The van der Waals surface area contributed by atoms with Crippen molar-refractivity contribution < 1.29 is 0 Å². The molecule has 0 aliphatic carbocycles. The molecule has 66 valence electrons. The Morgan fingerprint density at radius 2 is 2.31 bits per heavy atom. The van der Waals surface area contributed by atoms with Crippen molar-refractivity contribution in [2.75, 3.05) is 0 Å². The van der Waals surface area contributed by atoms with Gasteiger partial charge in [0.25, 0.3) is 0 Å². The van der Waals surface area contributed by atoms with E-state index in [-0.39, 0.29) is 0 Å². The van der Waals surface area contributed by atoms with E-state index >= 15 is 0 Å². The van der Waals surface area contributed by atoms with Crippen molar-refractivity contribution in [3.63, 3.8) is 0 Å². The smallest absolute Gasteiger partial charge is 0.0663 e. The zero-order valence-corrected chi connectivity index (χ0v) is 7.40. The summed E-state index contributed by atoms with van der Waals surface area (Å²) in [6, 6.07) is 10.0. The van der Waals surface area contributed by atoms with Crippen molar-refractivity contribution in [3.05, 3.63) is 41.5 Å². The van der Waals surface area contributed by atoms with Crippen LogP contribution in [0.5, 0.6) is 0 Å². The number of nitrogens with zero attached hydrogens (tertiary/aromatic N) is 1. The first-order chi connectivity index (χ1) is 6.36.